The van der Waals surface area contributed by atoms with Crippen molar-refractivity contribution in [3.05, 3.63) is 30.1 Å². The van der Waals surface area contributed by atoms with Crippen LogP contribution in [0.5, 0.6) is 0 Å². The monoisotopic (exact) mass is 233 g/mol. The number of likely N-dealkylation sites (tertiary alicyclic amines) is 1. The van der Waals surface area contributed by atoms with E-state index in [1.165, 1.54) is 12.1 Å². The quantitative estimate of drug-likeness (QED) is 0.851. The highest BCUT2D eigenvalue weighted by molar-refractivity contribution is 5.47. The molecule has 1 aliphatic rings. The Balaban J connectivity index is 2.10. The Labute approximate surface area is 101 Å². The second-order valence-electron chi connectivity index (χ2n) is 4.63. The molecule has 0 aliphatic carbocycles. The van der Waals surface area contributed by atoms with Crippen LogP contribution in [-0.4, -0.2) is 30.6 Å². The van der Waals surface area contributed by atoms with E-state index in [0.717, 1.165) is 31.6 Å². The van der Waals surface area contributed by atoms with E-state index in [1.807, 2.05) is 0 Å². The molecule has 1 saturated heterocycles. The van der Waals surface area contributed by atoms with Crippen LogP contribution >= 0.6 is 0 Å². The lowest BCUT2D eigenvalue weighted by Gasteiger charge is -2.36. The molecule has 4 heteroatoms. The van der Waals surface area contributed by atoms with Crippen molar-refractivity contribution >= 4 is 5.69 Å². The first kappa shape index (κ1) is 11.9. The highest BCUT2D eigenvalue weighted by atomic mass is 19.1. The molecule has 0 amide bonds. The van der Waals surface area contributed by atoms with E-state index in [9.17, 15) is 9.65 Å². The second kappa shape index (κ2) is 4.72. The highest BCUT2D eigenvalue weighted by Gasteiger charge is 2.33. The first-order valence-corrected chi connectivity index (χ1v) is 5.77. The van der Waals surface area contributed by atoms with Gasteiger partial charge in [0.05, 0.1) is 6.07 Å². The average molecular weight is 233 g/mol. The average Bonchev–Trinajstić information content (AvgIpc) is 2.35. The Morgan fingerprint density at radius 1 is 1.29 bits per heavy atom. The molecule has 0 atom stereocenters. The Hall–Kier alpha value is -1.60. The van der Waals surface area contributed by atoms with Crippen LogP contribution in [0.2, 0.25) is 0 Å². The van der Waals surface area contributed by atoms with Gasteiger partial charge >= 0.3 is 0 Å². The molecule has 0 aromatic heterocycles. The maximum atomic E-state index is 12.8. The number of piperidine rings is 1. The van der Waals surface area contributed by atoms with E-state index in [0.29, 0.717) is 0 Å². The molecule has 0 spiro atoms. The van der Waals surface area contributed by atoms with Crippen LogP contribution < -0.4 is 5.32 Å². The fraction of sp³-hybridized carbons (Fsp3) is 0.462. The normalized spacial score (nSPS) is 19.6. The van der Waals surface area contributed by atoms with Crippen LogP contribution in [0.15, 0.2) is 24.3 Å². The molecule has 17 heavy (non-hydrogen) atoms. The van der Waals surface area contributed by atoms with Gasteiger partial charge < -0.3 is 10.2 Å². The zero-order chi connectivity index (χ0) is 12.3. The van der Waals surface area contributed by atoms with Gasteiger partial charge in [0.15, 0.2) is 0 Å². The molecule has 1 aliphatic heterocycles. The summed E-state index contributed by atoms with van der Waals surface area (Å²) < 4.78 is 12.8. The van der Waals surface area contributed by atoms with Crippen molar-refractivity contribution in [2.75, 3.05) is 25.5 Å². The maximum Gasteiger partial charge on any atom is 0.127 e. The number of hydrogen-bond donors (Lipinski definition) is 1. The molecule has 0 saturated carbocycles. The lowest BCUT2D eigenvalue weighted by atomic mass is 9.89. The van der Waals surface area contributed by atoms with Crippen LogP contribution in [0, 0.1) is 17.1 Å². The smallest absolute Gasteiger partial charge is 0.127 e. The minimum absolute atomic E-state index is 0.259. The summed E-state index contributed by atoms with van der Waals surface area (Å²) in [6.45, 7) is 1.81. The lowest BCUT2D eigenvalue weighted by Crippen LogP contribution is -2.47. The number of halogens is 1. The molecule has 1 aromatic carbocycles. The van der Waals surface area contributed by atoms with Gasteiger partial charge in [0.2, 0.25) is 0 Å². The van der Waals surface area contributed by atoms with Gasteiger partial charge in [0.25, 0.3) is 0 Å². The van der Waals surface area contributed by atoms with Gasteiger partial charge in [0.1, 0.15) is 11.4 Å². The van der Waals surface area contributed by atoms with Gasteiger partial charge in [-0.3, -0.25) is 0 Å². The minimum atomic E-state index is -0.510. The first-order valence-electron chi connectivity index (χ1n) is 5.77. The topological polar surface area (TPSA) is 39.1 Å². The van der Waals surface area contributed by atoms with E-state index in [2.05, 4.69) is 23.3 Å². The largest absolute Gasteiger partial charge is 0.367 e. The molecule has 1 heterocycles. The van der Waals surface area contributed by atoms with Crippen LogP contribution in [0.25, 0.3) is 0 Å². The molecule has 0 bridgehead atoms. The number of hydrogen-bond acceptors (Lipinski definition) is 3. The van der Waals surface area contributed by atoms with Gasteiger partial charge in [-0.05, 0) is 44.2 Å². The third kappa shape index (κ3) is 2.75. The number of nitrogens with zero attached hydrogens (tertiary/aromatic N) is 2. The Kier molecular flexibility index (Phi) is 3.30. The predicted octanol–water partition coefficient (Wildman–Crippen LogP) is 2.23. The van der Waals surface area contributed by atoms with E-state index >= 15 is 0 Å². The highest BCUT2D eigenvalue weighted by Crippen LogP contribution is 2.26. The zero-order valence-corrected chi connectivity index (χ0v) is 9.91. The third-order valence-electron chi connectivity index (χ3n) is 3.28. The number of benzene rings is 1. The third-order valence-corrected chi connectivity index (χ3v) is 3.28. The molecule has 1 fully saturated rings. The maximum absolute atomic E-state index is 12.8. The number of nitrogens with one attached hydrogen (secondary N) is 1. The van der Waals surface area contributed by atoms with Crippen molar-refractivity contribution in [2.24, 2.45) is 0 Å². The molecule has 3 nitrogen and oxygen atoms in total. The SMILES string of the molecule is CN1CCC(C#N)(Nc2ccc(F)cc2)CC1. The fourth-order valence-corrected chi connectivity index (χ4v) is 2.07. The van der Waals surface area contributed by atoms with Crippen LogP contribution in [0.1, 0.15) is 12.8 Å². The van der Waals surface area contributed by atoms with Crippen molar-refractivity contribution in [3.8, 4) is 6.07 Å². The molecular weight excluding hydrogens is 217 g/mol. The molecular formula is C13H16FN3. The Morgan fingerprint density at radius 2 is 1.88 bits per heavy atom. The summed E-state index contributed by atoms with van der Waals surface area (Å²) in [5.74, 6) is -0.259. The van der Waals surface area contributed by atoms with Gasteiger partial charge in [-0.15, -0.1) is 0 Å². The van der Waals surface area contributed by atoms with Crippen LogP contribution in [0.4, 0.5) is 10.1 Å². The standard InChI is InChI=1S/C13H16FN3/c1-17-8-6-13(10-15,7-9-17)16-12-4-2-11(14)3-5-12/h2-5,16H,6-9H2,1H3. The summed E-state index contributed by atoms with van der Waals surface area (Å²) in [7, 11) is 2.05. The summed E-state index contributed by atoms with van der Waals surface area (Å²) in [6.07, 6.45) is 1.58. The van der Waals surface area contributed by atoms with Crippen molar-refractivity contribution in [2.45, 2.75) is 18.4 Å². The molecule has 0 radical (unpaired) electrons. The molecule has 90 valence electrons. The minimum Gasteiger partial charge on any atom is -0.367 e. The second-order valence-corrected chi connectivity index (χ2v) is 4.63. The summed E-state index contributed by atoms with van der Waals surface area (Å²) in [5.41, 5.74) is 0.294. The predicted molar refractivity (Wildman–Crippen MR) is 65.1 cm³/mol. The zero-order valence-electron chi connectivity index (χ0n) is 9.91. The van der Waals surface area contributed by atoms with E-state index in [4.69, 9.17) is 0 Å². The molecule has 2 rings (SSSR count). The van der Waals surface area contributed by atoms with E-state index in [-0.39, 0.29) is 5.82 Å². The van der Waals surface area contributed by atoms with Crippen molar-refractivity contribution in [3.63, 3.8) is 0 Å². The number of nitriles is 1. The van der Waals surface area contributed by atoms with Crippen molar-refractivity contribution in [1.29, 1.82) is 5.26 Å². The van der Waals surface area contributed by atoms with Crippen LogP contribution in [0.3, 0.4) is 0 Å². The van der Waals surface area contributed by atoms with Gasteiger partial charge in [-0.1, -0.05) is 0 Å². The van der Waals surface area contributed by atoms with Gasteiger partial charge in [-0.25, -0.2) is 4.39 Å². The number of anilines is 1. The first-order chi connectivity index (χ1) is 8.13. The van der Waals surface area contributed by atoms with Crippen molar-refractivity contribution < 1.29 is 4.39 Å². The van der Waals surface area contributed by atoms with Gasteiger partial charge in [0, 0.05) is 18.8 Å². The van der Waals surface area contributed by atoms with Crippen LogP contribution in [-0.2, 0) is 0 Å². The lowest BCUT2D eigenvalue weighted by molar-refractivity contribution is 0.235. The van der Waals surface area contributed by atoms with E-state index < -0.39 is 5.54 Å². The molecule has 0 unspecified atom stereocenters. The summed E-state index contributed by atoms with van der Waals surface area (Å²) in [6, 6.07) is 8.53. The Bertz CT molecular complexity index is 413. The Morgan fingerprint density at radius 3 is 2.41 bits per heavy atom. The van der Waals surface area contributed by atoms with Gasteiger partial charge in [-0.2, -0.15) is 5.26 Å². The summed E-state index contributed by atoms with van der Waals surface area (Å²) in [5, 5.41) is 12.6. The summed E-state index contributed by atoms with van der Waals surface area (Å²) >= 11 is 0. The fourth-order valence-electron chi connectivity index (χ4n) is 2.07. The molecule has 1 N–H and O–H groups in total. The number of rotatable bonds is 2. The summed E-state index contributed by atoms with van der Waals surface area (Å²) in [4.78, 5) is 2.21. The van der Waals surface area contributed by atoms with Crippen molar-refractivity contribution in [1.82, 2.24) is 4.90 Å². The molecule has 1 aromatic rings. The van der Waals surface area contributed by atoms with E-state index in [1.54, 1.807) is 12.1 Å².